The SMILES string of the molecule is NCC1(N2CC3CCCC3C2)CCN2CCCCC21. The van der Waals surface area contributed by atoms with Crippen molar-refractivity contribution < 1.29 is 0 Å². The summed E-state index contributed by atoms with van der Waals surface area (Å²) in [7, 11) is 0. The fraction of sp³-hybridized carbons (Fsp3) is 1.00. The Hall–Kier alpha value is -0.120. The van der Waals surface area contributed by atoms with E-state index in [0.29, 0.717) is 5.54 Å². The molecule has 0 aromatic carbocycles. The Kier molecular flexibility index (Phi) is 3.13. The molecule has 3 heteroatoms. The van der Waals surface area contributed by atoms with E-state index in [1.165, 1.54) is 71.1 Å². The second kappa shape index (κ2) is 4.71. The third-order valence-electron chi connectivity index (χ3n) is 6.78. The number of rotatable bonds is 2. The van der Waals surface area contributed by atoms with Crippen molar-refractivity contribution in [3.63, 3.8) is 0 Å². The van der Waals surface area contributed by atoms with Gasteiger partial charge in [0.1, 0.15) is 0 Å². The van der Waals surface area contributed by atoms with Gasteiger partial charge in [0, 0.05) is 37.8 Å². The molecule has 0 aromatic rings. The number of hydrogen-bond donors (Lipinski definition) is 1. The first-order valence-corrected chi connectivity index (χ1v) is 8.53. The maximum absolute atomic E-state index is 6.34. The fourth-order valence-corrected chi connectivity index (χ4v) is 5.71. The van der Waals surface area contributed by atoms with E-state index in [-0.39, 0.29) is 0 Å². The molecule has 0 aromatic heterocycles. The molecule has 19 heavy (non-hydrogen) atoms. The van der Waals surface area contributed by atoms with E-state index >= 15 is 0 Å². The van der Waals surface area contributed by atoms with Crippen LogP contribution in [0.3, 0.4) is 0 Å². The molecule has 1 aliphatic carbocycles. The molecule has 3 aliphatic heterocycles. The lowest BCUT2D eigenvalue weighted by atomic mass is 9.84. The summed E-state index contributed by atoms with van der Waals surface area (Å²) < 4.78 is 0. The molecule has 0 amide bonds. The zero-order valence-electron chi connectivity index (χ0n) is 12.2. The highest BCUT2D eigenvalue weighted by molar-refractivity contribution is 5.11. The van der Waals surface area contributed by atoms with Crippen molar-refractivity contribution >= 4 is 0 Å². The van der Waals surface area contributed by atoms with Crippen molar-refractivity contribution in [3.05, 3.63) is 0 Å². The van der Waals surface area contributed by atoms with E-state index in [9.17, 15) is 0 Å². The molecule has 108 valence electrons. The van der Waals surface area contributed by atoms with Crippen LogP contribution in [0, 0.1) is 11.8 Å². The topological polar surface area (TPSA) is 32.5 Å². The Morgan fingerprint density at radius 3 is 2.47 bits per heavy atom. The standard InChI is InChI=1S/C16H29N3/c17-12-16(7-9-18-8-2-1-6-15(16)18)19-10-13-4-3-5-14(13)11-19/h13-15H,1-12,17H2. The molecule has 4 aliphatic rings. The number of likely N-dealkylation sites (tertiary alicyclic amines) is 1. The number of nitrogens with two attached hydrogens (primary N) is 1. The van der Waals surface area contributed by atoms with Crippen LogP contribution in [0.4, 0.5) is 0 Å². The number of piperidine rings is 1. The number of nitrogens with zero attached hydrogens (tertiary/aromatic N) is 2. The van der Waals surface area contributed by atoms with E-state index < -0.39 is 0 Å². The van der Waals surface area contributed by atoms with Gasteiger partial charge in [-0.25, -0.2) is 0 Å². The van der Waals surface area contributed by atoms with Gasteiger partial charge in [-0.3, -0.25) is 9.80 Å². The van der Waals surface area contributed by atoms with Gasteiger partial charge in [-0.1, -0.05) is 12.8 Å². The molecule has 3 heterocycles. The second-order valence-electron chi connectivity index (χ2n) is 7.46. The van der Waals surface area contributed by atoms with Gasteiger partial charge in [0.15, 0.2) is 0 Å². The highest BCUT2D eigenvalue weighted by Crippen LogP contribution is 2.45. The second-order valence-corrected chi connectivity index (χ2v) is 7.46. The van der Waals surface area contributed by atoms with Crippen LogP contribution in [-0.4, -0.2) is 54.1 Å². The molecule has 4 unspecified atom stereocenters. The molecular formula is C16H29N3. The van der Waals surface area contributed by atoms with E-state index in [4.69, 9.17) is 5.73 Å². The normalized spacial score (nSPS) is 47.5. The summed E-state index contributed by atoms with van der Waals surface area (Å²) in [5.41, 5.74) is 6.68. The van der Waals surface area contributed by atoms with Crippen molar-refractivity contribution in [1.82, 2.24) is 9.80 Å². The van der Waals surface area contributed by atoms with E-state index in [1.807, 2.05) is 0 Å². The molecule has 2 N–H and O–H groups in total. The van der Waals surface area contributed by atoms with Crippen LogP contribution in [0.2, 0.25) is 0 Å². The zero-order chi connectivity index (χ0) is 12.9. The molecule has 4 rings (SSSR count). The van der Waals surface area contributed by atoms with Crippen LogP contribution < -0.4 is 5.73 Å². The lowest BCUT2D eigenvalue weighted by Crippen LogP contribution is -2.61. The Balaban J connectivity index is 1.56. The third-order valence-corrected chi connectivity index (χ3v) is 6.78. The van der Waals surface area contributed by atoms with E-state index in [0.717, 1.165) is 24.4 Å². The predicted molar refractivity (Wildman–Crippen MR) is 78.0 cm³/mol. The van der Waals surface area contributed by atoms with Crippen molar-refractivity contribution in [2.75, 3.05) is 32.7 Å². The van der Waals surface area contributed by atoms with Gasteiger partial charge in [0.25, 0.3) is 0 Å². The average molecular weight is 263 g/mol. The van der Waals surface area contributed by atoms with Gasteiger partial charge in [-0.05, 0) is 50.5 Å². The van der Waals surface area contributed by atoms with E-state index in [2.05, 4.69) is 9.80 Å². The lowest BCUT2D eigenvalue weighted by molar-refractivity contribution is 0.0490. The Morgan fingerprint density at radius 1 is 0.947 bits per heavy atom. The van der Waals surface area contributed by atoms with Crippen molar-refractivity contribution in [2.45, 2.75) is 56.5 Å². The Labute approximate surface area is 117 Å². The minimum absolute atomic E-state index is 0.338. The molecule has 4 atom stereocenters. The maximum atomic E-state index is 6.34. The molecule has 1 saturated carbocycles. The fourth-order valence-electron chi connectivity index (χ4n) is 5.71. The van der Waals surface area contributed by atoms with Gasteiger partial charge in [0.05, 0.1) is 0 Å². The summed E-state index contributed by atoms with van der Waals surface area (Å²) in [5.74, 6) is 2.00. The monoisotopic (exact) mass is 263 g/mol. The molecule has 3 saturated heterocycles. The van der Waals surface area contributed by atoms with Gasteiger partial charge in [0.2, 0.25) is 0 Å². The van der Waals surface area contributed by atoms with Crippen LogP contribution in [-0.2, 0) is 0 Å². The summed E-state index contributed by atoms with van der Waals surface area (Å²) >= 11 is 0. The summed E-state index contributed by atoms with van der Waals surface area (Å²) in [6, 6.07) is 0.769. The van der Waals surface area contributed by atoms with Crippen molar-refractivity contribution in [3.8, 4) is 0 Å². The molecule has 3 nitrogen and oxygen atoms in total. The molecule has 4 fully saturated rings. The predicted octanol–water partition coefficient (Wildman–Crippen LogP) is 1.67. The van der Waals surface area contributed by atoms with Crippen LogP contribution >= 0.6 is 0 Å². The summed E-state index contributed by atoms with van der Waals surface area (Å²) in [5, 5.41) is 0. The highest BCUT2D eigenvalue weighted by atomic mass is 15.3. The first-order chi connectivity index (χ1) is 9.33. The van der Waals surface area contributed by atoms with Crippen LogP contribution in [0.15, 0.2) is 0 Å². The number of hydrogen-bond acceptors (Lipinski definition) is 3. The van der Waals surface area contributed by atoms with Crippen LogP contribution in [0.5, 0.6) is 0 Å². The average Bonchev–Trinajstić information content (AvgIpc) is 3.11. The number of fused-ring (bicyclic) bond motifs is 2. The molecule has 0 bridgehead atoms. The third kappa shape index (κ3) is 1.81. The van der Waals surface area contributed by atoms with Crippen molar-refractivity contribution in [1.29, 1.82) is 0 Å². The van der Waals surface area contributed by atoms with Gasteiger partial charge in [-0.2, -0.15) is 0 Å². The maximum Gasteiger partial charge on any atom is 0.0499 e. The quantitative estimate of drug-likeness (QED) is 0.822. The zero-order valence-corrected chi connectivity index (χ0v) is 12.2. The lowest BCUT2D eigenvalue weighted by Gasteiger charge is -2.46. The smallest absolute Gasteiger partial charge is 0.0499 e. The molecule has 0 spiro atoms. The Bertz CT molecular complexity index is 333. The largest absolute Gasteiger partial charge is 0.329 e. The van der Waals surface area contributed by atoms with Gasteiger partial charge in [-0.15, -0.1) is 0 Å². The van der Waals surface area contributed by atoms with Gasteiger partial charge >= 0.3 is 0 Å². The summed E-state index contributed by atoms with van der Waals surface area (Å²) in [4.78, 5) is 5.60. The summed E-state index contributed by atoms with van der Waals surface area (Å²) in [6.45, 7) is 6.22. The van der Waals surface area contributed by atoms with E-state index in [1.54, 1.807) is 0 Å². The Morgan fingerprint density at radius 2 is 1.74 bits per heavy atom. The van der Waals surface area contributed by atoms with Crippen LogP contribution in [0.25, 0.3) is 0 Å². The van der Waals surface area contributed by atoms with Gasteiger partial charge < -0.3 is 5.73 Å². The van der Waals surface area contributed by atoms with Crippen LogP contribution in [0.1, 0.15) is 44.9 Å². The molecule has 0 radical (unpaired) electrons. The first-order valence-electron chi connectivity index (χ1n) is 8.53. The molecular weight excluding hydrogens is 234 g/mol. The summed E-state index contributed by atoms with van der Waals surface area (Å²) in [6.07, 6.45) is 9.99. The minimum Gasteiger partial charge on any atom is -0.329 e. The first kappa shape index (κ1) is 12.6. The van der Waals surface area contributed by atoms with Crippen molar-refractivity contribution in [2.24, 2.45) is 17.6 Å². The highest BCUT2D eigenvalue weighted by Gasteiger charge is 2.53. The minimum atomic E-state index is 0.338.